The average molecular weight is 243 g/mol. The van der Waals surface area contributed by atoms with E-state index < -0.39 is 5.72 Å². The zero-order valence-corrected chi connectivity index (χ0v) is 12.1. The summed E-state index contributed by atoms with van der Waals surface area (Å²) in [6.45, 7) is 14.8. The molecular formula is C13H25NO3. The molecule has 1 rings (SSSR count). The molecule has 1 heterocycles. The fourth-order valence-corrected chi connectivity index (χ4v) is 2.02. The Morgan fingerprint density at radius 1 is 1.29 bits per heavy atom. The molecule has 0 aromatic carbocycles. The van der Waals surface area contributed by atoms with Crippen LogP contribution in [0.4, 0.5) is 4.79 Å². The van der Waals surface area contributed by atoms with E-state index in [1.54, 1.807) is 4.90 Å². The van der Waals surface area contributed by atoms with Crippen molar-refractivity contribution >= 4 is 6.09 Å². The lowest BCUT2D eigenvalue weighted by Crippen LogP contribution is -2.53. The largest absolute Gasteiger partial charge is 0.449 e. The highest BCUT2D eigenvalue weighted by atomic mass is 16.6. The average Bonchev–Trinajstić information content (AvgIpc) is 2.31. The van der Waals surface area contributed by atoms with E-state index in [2.05, 4.69) is 0 Å². The molecular weight excluding hydrogens is 218 g/mol. The van der Waals surface area contributed by atoms with E-state index in [1.807, 2.05) is 48.5 Å². The molecule has 1 aliphatic rings. The first kappa shape index (κ1) is 14.3. The topological polar surface area (TPSA) is 38.8 Å². The maximum Gasteiger partial charge on any atom is 0.412 e. The van der Waals surface area contributed by atoms with E-state index in [4.69, 9.17) is 9.47 Å². The SMILES string of the molecule is CC(C)(C)COC(=O)N1C(C)(C)COC1(C)C. The van der Waals surface area contributed by atoms with Crippen molar-refractivity contribution in [3.63, 3.8) is 0 Å². The third-order valence-corrected chi connectivity index (χ3v) is 2.73. The summed E-state index contributed by atoms with van der Waals surface area (Å²) >= 11 is 0. The van der Waals surface area contributed by atoms with Crippen molar-refractivity contribution in [2.75, 3.05) is 13.2 Å². The van der Waals surface area contributed by atoms with Crippen LogP contribution in [0.15, 0.2) is 0 Å². The Morgan fingerprint density at radius 3 is 2.18 bits per heavy atom. The van der Waals surface area contributed by atoms with Crippen LogP contribution in [0.3, 0.4) is 0 Å². The van der Waals surface area contributed by atoms with Gasteiger partial charge >= 0.3 is 6.09 Å². The van der Waals surface area contributed by atoms with E-state index in [-0.39, 0.29) is 17.0 Å². The monoisotopic (exact) mass is 243 g/mol. The molecule has 17 heavy (non-hydrogen) atoms. The van der Waals surface area contributed by atoms with Gasteiger partial charge in [0.2, 0.25) is 0 Å². The van der Waals surface area contributed by atoms with Crippen LogP contribution in [0.2, 0.25) is 0 Å². The minimum Gasteiger partial charge on any atom is -0.449 e. The van der Waals surface area contributed by atoms with Gasteiger partial charge in [-0.2, -0.15) is 0 Å². The van der Waals surface area contributed by atoms with Gasteiger partial charge in [-0.25, -0.2) is 4.79 Å². The molecule has 0 N–H and O–H groups in total. The predicted molar refractivity (Wildman–Crippen MR) is 66.8 cm³/mol. The van der Waals surface area contributed by atoms with E-state index >= 15 is 0 Å². The lowest BCUT2D eigenvalue weighted by molar-refractivity contribution is -0.0554. The Hall–Kier alpha value is -0.770. The Morgan fingerprint density at radius 2 is 1.82 bits per heavy atom. The summed E-state index contributed by atoms with van der Waals surface area (Å²) in [5, 5.41) is 0. The zero-order valence-electron chi connectivity index (χ0n) is 12.1. The molecule has 0 aromatic rings. The standard InChI is InChI=1S/C13H25NO3/c1-11(2,3)8-16-10(15)14-12(4,5)9-17-13(14,6)7/h8-9H2,1-7H3. The molecule has 4 heteroatoms. The second-order valence-corrected chi connectivity index (χ2v) is 7.00. The number of nitrogens with zero attached hydrogens (tertiary/aromatic N) is 1. The third-order valence-electron chi connectivity index (χ3n) is 2.73. The van der Waals surface area contributed by atoms with E-state index in [0.29, 0.717) is 13.2 Å². The number of carbonyl (C=O) groups excluding carboxylic acids is 1. The van der Waals surface area contributed by atoms with Crippen LogP contribution in [0.5, 0.6) is 0 Å². The molecule has 0 spiro atoms. The summed E-state index contributed by atoms with van der Waals surface area (Å²) < 4.78 is 11.0. The van der Waals surface area contributed by atoms with E-state index in [9.17, 15) is 4.79 Å². The number of carbonyl (C=O) groups is 1. The molecule has 0 atom stereocenters. The fraction of sp³-hybridized carbons (Fsp3) is 0.923. The molecule has 0 bridgehead atoms. The van der Waals surface area contributed by atoms with Gasteiger partial charge in [-0.15, -0.1) is 0 Å². The molecule has 1 aliphatic heterocycles. The second kappa shape index (κ2) is 4.16. The minimum atomic E-state index is -0.599. The Balaban J connectivity index is 2.73. The molecule has 4 nitrogen and oxygen atoms in total. The van der Waals surface area contributed by atoms with Crippen LogP contribution < -0.4 is 0 Å². The summed E-state index contributed by atoms with van der Waals surface area (Å²) in [5.74, 6) is 0. The summed E-state index contributed by atoms with van der Waals surface area (Å²) in [7, 11) is 0. The fourth-order valence-electron chi connectivity index (χ4n) is 2.02. The van der Waals surface area contributed by atoms with Crippen LogP contribution in [-0.4, -0.2) is 35.5 Å². The first-order valence-corrected chi connectivity index (χ1v) is 6.07. The van der Waals surface area contributed by atoms with Gasteiger partial charge in [0.25, 0.3) is 0 Å². The van der Waals surface area contributed by atoms with Gasteiger partial charge in [0.1, 0.15) is 5.72 Å². The summed E-state index contributed by atoms with van der Waals surface area (Å²) in [4.78, 5) is 13.8. The first-order chi connectivity index (χ1) is 7.46. The minimum absolute atomic E-state index is 0.0233. The number of amides is 1. The molecule has 100 valence electrons. The number of ether oxygens (including phenoxy) is 2. The van der Waals surface area contributed by atoms with Crippen molar-refractivity contribution < 1.29 is 14.3 Å². The smallest absolute Gasteiger partial charge is 0.412 e. The summed E-state index contributed by atoms with van der Waals surface area (Å²) in [6, 6.07) is 0. The van der Waals surface area contributed by atoms with Gasteiger partial charge in [0, 0.05) is 0 Å². The molecule has 0 unspecified atom stereocenters. The lowest BCUT2D eigenvalue weighted by atomic mass is 9.99. The predicted octanol–water partition coefficient (Wildman–Crippen LogP) is 3.02. The van der Waals surface area contributed by atoms with Crippen LogP contribution in [0.25, 0.3) is 0 Å². The second-order valence-electron chi connectivity index (χ2n) is 7.00. The Kier molecular flexibility index (Phi) is 3.50. The van der Waals surface area contributed by atoms with Crippen LogP contribution in [0, 0.1) is 5.41 Å². The molecule has 1 fully saturated rings. The number of hydrogen-bond donors (Lipinski definition) is 0. The molecule has 1 amide bonds. The van der Waals surface area contributed by atoms with Crippen molar-refractivity contribution in [2.24, 2.45) is 5.41 Å². The first-order valence-electron chi connectivity index (χ1n) is 6.07. The van der Waals surface area contributed by atoms with Crippen molar-refractivity contribution in [2.45, 2.75) is 59.7 Å². The zero-order chi connectivity index (χ0) is 13.5. The number of hydrogen-bond acceptors (Lipinski definition) is 3. The van der Waals surface area contributed by atoms with Gasteiger partial charge in [-0.05, 0) is 33.1 Å². The van der Waals surface area contributed by atoms with Crippen molar-refractivity contribution in [1.82, 2.24) is 4.90 Å². The van der Waals surface area contributed by atoms with Gasteiger partial charge in [0.15, 0.2) is 0 Å². The quantitative estimate of drug-likeness (QED) is 0.710. The highest BCUT2D eigenvalue weighted by molar-refractivity contribution is 5.70. The highest BCUT2D eigenvalue weighted by Gasteiger charge is 2.49. The lowest BCUT2D eigenvalue weighted by Gasteiger charge is -2.37. The summed E-state index contributed by atoms with van der Waals surface area (Å²) in [6.07, 6.45) is -0.299. The highest BCUT2D eigenvalue weighted by Crippen LogP contribution is 2.35. The van der Waals surface area contributed by atoms with E-state index in [0.717, 1.165) is 0 Å². The van der Waals surface area contributed by atoms with Crippen molar-refractivity contribution in [3.05, 3.63) is 0 Å². The van der Waals surface area contributed by atoms with Gasteiger partial charge in [0.05, 0.1) is 18.8 Å². The van der Waals surface area contributed by atoms with Crippen molar-refractivity contribution in [1.29, 1.82) is 0 Å². The molecule has 0 saturated carbocycles. The third kappa shape index (κ3) is 3.35. The molecule has 0 aromatic heterocycles. The Bertz CT molecular complexity index is 286. The maximum absolute atomic E-state index is 12.1. The van der Waals surface area contributed by atoms with Crippen molar-refractivity contribution in [3.8, 4) is 0 Å². The summed E-state index contributed by atoms with van der Waals surface area (Å²) in [5.41, 5.74) is -0.943. The van der Waals surface area contributed by atoms with Crippen LogP contribution >= 0.6 is 0 Å². The molecule has 0 aliphatic carbocycles. The maximum atomic E-state index is 12.1. The molecule has 0 radical (unpaired) electrons. The number of rotatable bonds is 1. The van der Waals surface area contributed by atoms with Crippen LogP contribution in [-0.2, 0) is 9.47 Å². The van der Waals surface area contributed by atoms with Crippen LogP contribution in [0.1, 0.15) is 48.5 Å². The normalized spacial score (nSPS) is 22.6. The van der Waals surface area contributed by atoms with Gasteiger partial charge < -0.3 is 9.47 Å². The van der Waals surface area contributed by atoms with Gasteiger partial charge in [-0.3, -0.25) is 4.90 Å². The molecule has 1 saturated heterocycles. The van der Waals surface area contributed by atoms with Gasteiger partial charge in [-0.1, -0.05) is 20.8 Å². The Labute approximate surface area is 104 Å². The van der Waals surface area contributed by atoms with E-state index in [1.165, 1.54) is 0 Å².